The average Bonchev–Trinajstić information content (AvgIpc) is 3.14. The van der Waals surface area contributed by atoms with Gasteiger partial charge in [0.15, 0.2) is 0 Å². The number of aliphatic hydroxyl groups is 1. The predicted octanol–water partition coefficient (Wildman–Crippen LogP) is 1.54. The van der Waals surface area contributed by atoms with E-state index in [0.717, 1.165) is 24.2 Å². The van der Waals surface area contributed by atoms with Crippen LogP contribution in [0.2, 0.25) is 0 Å². The molecule has 0 aromatic heterocycles. The molecule has 0 spiro atoms. The Hall–Kier alpha value is -1.89. The first-order valence-corrected chi connectivity index (χ1v) is 11.0. The fourth-order valence-corrected chi connectivity index (χ4v) is 5.06. The minimum Gasteiger partial charge on any atom is -0.385 e. The average molecular weight is 390 g/mol. The molecule has 1 atom stereocenters. The second kappa shape index (κ2) is 8.42. The highest BCUT2D eigenvalue weighted by Gasteiger charge is 2.29. The molecule has 6 heteroatoms. The lowest BCUT2D eigenvalue weighted by Gasteiger charge is -2.28. The maximum Gasteiger partial charge on any atom is 0.264 e. The first-order valence-electron chi connectivity index (χ1n) is 9.54. The smallest absolute Gasteiger partial charge is 0.264 e. The van der Waals surface area contributed by atoms with Crippen LogP contribution in [0.5, 0.6) is 0 Å². The third kappa shape index (κ3) is 4.89. The fraction of sp³-hybridized carbons (Fsp3) is 0.429. The lowest BCUT2D eigenvalue weighted by Crippen LogP contribution is -3.11. The van der Waals surface area contributed by atoms with Crippen molar-refractivity contribution < 1.29 is 18.4 Å². The lowest BCUT2D eigenvalue weighted by atomic mass is 10.2. The number of nitrogens with one attached hydrogen (secondary N) is 1. The zero-order valence-corrected chi connectivity index (χ0v) is 16.9. The molecule has 146 valence electrons. The number of aryl methyl sites for hydroxylation is 2. The molecule has 1 saturated heterocycles. The molecule has 0 saturated carbocycles. The number of hydrogen-bond donors (Lipinski definition) is 2. The van der Waals surface area contributed by atoms with E-state index in [9.17, 15) is 13.5 Å². The number of rotatable bonds is 7. The van der Waals surface area contributed by atoms with Crippen molar-refractivity contribution in [3.63, 3.8) is 0 Å². The number of sulfonamides is 1. The number of quaternary nitrogens is 1. The van der Waals surface area contributed by atoms with Gasteiger partial charge >= 0.3 is 0 Å². The van der Waals surface area contributed by atoms with Gasteiger partial charge in [-0.15, -0.1) is 0 Å². The van der Waals surface area contributed by atoms with E-state index in [1.165, 1.54) is 22.0 Å². The number of aliphatic hydroxyl groups excluding tert-OH is 1. The molecule has 0 radical (unpaired) electrons. The summed E-state index contributed by atoms with van der Waals surface area (Å²) in [4.78, 5) is 1.59. The first kappa shape index (κ1) is 19.9. The van der Waals surface area contributed by atoms with E-state index in [1.54, 1.807) is 36.4 Å². The van der Waals surface area contributed by atoms with Crippen LogP contribution in [0.4, 0.5) is 5.69 Å². The molecule has 1 heterocycles. The minimum absolute atomic E-state index is 0.0583. The number of benzene rings is 2. The zero-order valence-electron chi connectivity index (χ0n) is 16.1. The Bertz CT molecular complexity index is 842. The van der Waals surface area contributed by atoms with Crippen LogP contribution in [0.3, 0.4) is 0 Å². The van der Waals surface area contributed by atoms with Gasteiger partial charge in [-0.1, -0.05) is 35.4 Å². The summed E-state index contributed by atoms with van der Waals surface area (Å²) in [5.41, 5.74) is 2.65. The summed E-state index contributed by atoms with van der Waals surface area (Å²) >= 11 is 0. The van der Waals surface area contributed by atoms with Crippen LogP contribution in [-0.4, -0.2) is 45.8 Å². The monoisotopic (exact) mass is 389 g/mol. The van der Waals surface area contributed by atoms with Crippen molar-refractivity contribution in [2.75, 3.05) is 30.5 Å². The topological polar surface area (TPSA) is 62.1 Å². The quantitative estimate of drug-likeness (QED) is 0.755. The van der Waals surface area contributed by atoms with Gasteiger partial charge in [-0.2, -0.15) is 0 Å². The first-order chi connectivity index (χ1) is 12.9. The van der Waals surface area contributed by atoms with Gasteiger partial charge in [-0.05, 0) is 38.1 Å². The summed E-state index contributed by atoms with van der Waals surface area (Å²) in [6.07, 6.45) is 1.64. The van der Waals surface area contributed by atoms with Crippen LogP contribution < -0.4 is 9.21 Å². The summed E-state index contributed by atoms with van der Waals surface area (Å²) in [7, 11) is -3.75. The van der Waals surface area contributed by atoms with Gasteiger partial charge in [-0.3, -0.25) is 4.31 Å². The van der Waals surface area contributed by atoms with Gasteiger partial charge < -0.3 is 10.0 Å². The third-order valence-electron chi connectivity index (χ3n) is 5.14. The molecule has 0 amide bonds. The summed E-state index contributed by atoms with van der Waals surface area (Å²) in [6, 6.07) is 14.2. The maximum atomic E-state index is 13.3. The SMILES string of the molecule is Cc1ccc(N(C[C@H](O)C[NH+]2CCCC2)S(=O)(=O)c2ccc(C)cc2)cc1. The van der Waals surface area contributed by atoms with Gasteiger partial charge in [0.25, 0.3) is 10.0 Å². The van der Waals surface area contributed by atoms with Crippen molar-refractivity contribution in [1.82, 2.24) is 0 Å². The minimum atomic E-state index is -3.75. The van der Waals surface area contributed by atoms with Gasteiger partial charge in [0, 0.05) is 12.8 Å². The molecule has 1 aliphatic rings. The van der Waals surface area contributed by atoms with Crippen LogP contribution in [0.15, 0.2) is 53.4 Å². The highest BCUT2D eigenvalue weighted by molar-refractivity contribution is 7.92. The molecule has 0 unspecified atom stereocenters. The lowest BCUT2D eigenvalue weighted by molar-refractivity contribution is -0.890. The second-order valence-electron chi connectivity index (χ2n) is 7.50. The third-order valence-corrected chi connectivity index (χ3v) is 6.95. The van der Waals surface area contributed by atoms with Crippen molar-refractivity contribution in [2.24, 2.45) is 0 Å². The second-order valence-corrected chi connectivity index (χ2v) is 9.36. The molecule has 27 heavy (non-hydrogen) atoms. The summed E-state index contributed by atoms with van der Waals surface area (Å²) in [6.45, 7) is 6.62. The Morgan fingerprint density at radius 2 is 1.48 bits per heavy atom. The molecule has 2 aromatic rings. The van der Waals surface area contributed by atoms with E-state index in [4.69, 9.17) is 0 Å². The molecule has 0 aliphatic carbocycles. The van der Waals surface area contributed by atoms with Crippen LogP contribution in [0, 0.1) is 13.8 Å². The van der Waals surface area contributed by atoms with E-state index in [-0.39, 0.29) is 11.4 Å². The molecule has 5 nitrogen and oxygen atoms in total. The molecular weight excluding hydrogens is 360 g/mol. The molecular formula is C21H29N2O3S+. The van der Waals surface area contributed by atoms with E-state index in [1.807, 2.05) is 26.0 Å². The molecule has 2 aromatic carbocycles. The van der Waals surface area contributed by atoms with Crippen LogP contribution in [0.1, 0.15) is 24.0 Å². The van der Waals surface area contributed by atoms with E-state index >= 15 is 0 Å². The predicted molar refractivity (Wildman–Crippen MR) is 108 cm³/mol. The number of anilines is 1. The van der Waals surface area contributed by atoms with E-state index in [2.05, 4.69) is 0 Å². The Labute approximate surface area is 162 Å². The van der Waals surface area contributed by atoms with Crippen molar-refractivity contribution in [2.45, 2.75) is 37.7 Å². The Morgan fingerprint density at radius 1 is 0.963 bits per heavy atom. The van der Waals surface area contributed by atoms with Crippen molar-refractivity contribution in [3.05, 3.63) is 59.7 Å². The Balaban J connectivity index is 1.88. The zero-order chi connectivity index (χ0) is 19.4. The largest absolute Gasteiger partial charge is 0.385 e. The molecule has 1 aliphatic heterocycles. The molecule has 2 N–H and O–H groups in total. The highest BCUT2D eigenvalue weighted by Crippen LogP contribution is 2.24. The summed E-state index contributed by atoms with van der Waals surface area (Å²) < 4.78 is 28.0. The molecule has 1 fully saturated rings. The normalized spacial score (nSPS) is 16.4. The van der Waals surface area contributed by atoms with Crippen molar-refractivity contribution >= 4 is 15.7 Å². The standard InChI is InChI=1S/C21H28N2O3S/c1-17-5-9-19(10-6-17)23(16-20(24)15-22-13-3-4-14-22)27(25,26)21-11-7-18(2)8-12-21/h5-12,20,24H,3-4,13-16H2,1-2H3/p+1/t20-/m1/s1. The van der Waals surface area contributed by atoms with Crippen LogP contribution in [-0.2, 0) is 10.0 Å². The van der Waals surface area contributed by atoms with E-state index < -0.39 is 16.1 Å². The number of nitrogens with zero attached hydrogens (tertiary/aromatic N) is 1. The van der Waals surface area contributed by atoms with Crippen LogP contribution >= 0.6 is 0 Å². The maximum absolute atomic E-state index is 13.3. The Morgan fingerprint density at radius 3 is 2.04 bits per heavy atom. The summed E-state index contributed by atoms with van der Waals surface area (Å²) in [5, 5.41) is 10.6. The van der Waals surface area contributed by atoms with E-state index in [0.29, 0.717) is 12.2 Å². The van der Waals surface area contributed by atoms with Crippen LogP contribution in [0.25, 0.3) is 0 Å². The van der Waals surface area contributed by atoms with Crippen molar-refractivity contribution in [3.8, 4) is 0 Å². The highest BCUT2D eigenvalue weighted by atomic mass is 32.2. The number of likely N-dealkylation sites (tertiary alicyclic amines) is 1. The van der Waals surface area contributed by atoms with Crippen molar-refractivity contribution in [1.29, 1.82) is 0 Å². The summed E-state index contributed by atoms with van der Waals surface area (Å²) in [5.74, 6) is 0. The van der Waals surface area contributed by atoms with Gasteiger partial charge in [0.05, 0.1) is 30.2 Å². The Kier molecular flexibility index (Phi) is 6.19. The van der Waals surface area contributed by atoms with Gasteiger partial charge in [0.1, 0.15) is 12.6 Å². The molecule has 3 rings (SSSR count). The fourth-order valence-electron chi connectivity index (χ4n) is 3.56. The molecule has 0 bridgehead atoms. The van der Waals surface area contributed by atoms with Gasteiger partial charge in [0.2, 0.25) is 0 Å². The van der Waals surface area contributed by atoms with Gasteiger partial charge in [-0.25, -0.2) is 8.42 Å². The number of hydrogen-bond acceptors (Lipinski definition) is 3.